The molecule has 220 valence electrons. The van der Waals surface area contributed by atoms with Crippen molar-refractivity contribution in [2.24, 2.45) is 17.2 Å². The Balaban J connectivity index is 2.32. The Morgan fingerprint density at radius 3 is 1.66 bits per heavy atom. The number of nitrogens with one attached hydrogen (secondary N) is 3. The number of phenolic OH excluding ortho intramolecular Hbond substituents is 1. The number of carboxylic acids is 1. The Kier molecular flexibility index (Phi) is 12.2. The van der Waals surface area contributed by atoms with Gasteiger partial charge in [-0.15, -0.1) is 0 Å². The standard InChI is InChI=1S/C27H34N6O8/c28-18(10-11-22(29)35)24(37)31-19(12-15-4-2-1-3-5-15)25(38)32-20(13-16-6-8-17(34)9-7-16)26(39)33-21(27(40)41)14-23(30)36/h1-9,18-21,34H,10-14,28H2,(H2,29,35)(H2,30,36)(H,31,37)(H,32,38)(H,33,39)(H,40,41). The number of hydrogen-bond acceptors (Lipinski definition) is 8. The van der Waals surface area contributed by atoms with Crippen molar-refractivity contribution in [2.75, 3.05) is 0 Å². The smallest absolute Gasteiger partial charge is 0.326 e. The molecular weight excluding hydrogens is 536 g/mol. The van der Waals surface area contributed by atoms with Gasteiger partial charge in [-0.05, 0) is 29.7 Å². The normalized spacial score (nSPS) is 13.6. The minimum Gasteiger partial charge on any atom is -0.508 e. The van der Waals surface area contributed by atoms with Crippen LogP contribution in [0.1, 0.15) is 30.4 Å². The van der Waals surface area contributed by atoms with Crippen molar-refractivity contribution >= 4 is 35.5 Å². The van der Waals surface area contributed by atoms with E-state index in [0.29, 0.717) is 11.1 Å². The molecule has 0 saturated carbocycles. The van der Waals surface area contributed by atoms with Crippen LogP contribution in [0.25, 0.3) is 0 Å². The van der Waals surface area contributed by atoms with Crippen molar-refractivity contribution in [1.82, 2.24) is 16.0 Å². The summed E-state index contributed by atoms with van der Waals surface area (Å²) in [6.07, 6.45) is -1.01. The molecule has 5 amide bonds. The van der Waals surface area contributed by atoms with E-state index in [4.69, 9.17) is 17.2 Å². The Hall–Kier alpha value is -4.98. The summed E-state index contributed by atoms with van der Waals surface area (Å²) in [5.41, 5.74) is 17.3. The lowest BCUT2D eigenvalue weighted by Gasteiger charge is -2.25. The van der Waals surface area contributed by atoms with Crippen molar-refractivity contribution in [2.45, 2.75) is 56.3 Å². The second-order valence-corrected chi connectivity index (χ2v) is 9.36. The zero-order chi connectivity index (χ0) is 30.5. The topological polar surface area (TPSA) is 257 Å². The highest BCUT2D eigenvalue weighted by molar-refractivity contribution is 5.95. The number of nitrogens with two attached hydrogens (primary N) is 3. The first-order valence-corrected chi connectivity index (χ1v) is 12.6. The first-order chi connectivity index (χ1) is 19.3. The second-order valence-electron chi connectivity index (χ2n) is 9.36. The predicted molar refractivity (Wildman–Crippen MR) is 146 cm³/mol. The largest absolute Gasteiger partial charge is 0.508 e. The molecule has 11 N–H and O–H groups in total. The van der Waals surface area contributed by atoms with Crippen LogP contribution in [0.5, 0.6) is 5.75 Å². The fourth-order valence-electron chi connectivity index (χ4n) is 3.79. The number of carboxylic acid groups (broad SMARTS) is 1. The molecule has 4 unspecified atom stereocenters. The third-order valence-electron chi connectivity index (χ3n) is 5.98. The van der Waals surface area contributed by atoms with Crippen LogP contribution in [0.4, 0.5) is 0 Å². The van der Waals surface area contributed by atoms with Crippen molar-refractivity contribution in [3.05, 3.63) is 65.7 Å². The number of carbonyl (C=O) groups excluding carboxylic acids is 5. The van der Waals surface area contributed by atoms with Gasteiger partial charge in [0.15, 0.2) is 0 Å². The van der Waals surface area contributed by atoms with Gasteiger partial charge in [-0.3, -0.25) is 24.0 Å². The van der Waals surface area contributed by atoms with Gasteiger partial charge in [-0.1, -0.05) is 42.5 Å². The van der Waals surface area contributed by atoms with Crippen LogP contribution in [-0.2, 0) is 41.6 Å². The van der Waals surface area contributed by atoms with E-state index >= 15 is 0 Å². The van der Waals surface area contributed by atoms with E-state index < -0.39 is 66.1 Å². The molecule has 2 aromatic rings. The molecule has 4 atom stereocenters. The molecule has 0 spiro atoms. The second kappa shape index (κ2) is 15.6. The van der Waals surface area contributed by atoms with Crippen LogP contribution < -0.4 is 33.2 Å². The Morgan fingerprint density at radius 2 is 1.17 bits per heavy atom. The lowest BCUT2D eigenvalue weighted by atomic mass is 10.0. The SMILES string of the molecule is NC(=O)CCC(N)C(=O)NC(Cc1ccccc1)C(=O)NC(Cc1ccc(O)cc1)C(=O)NC(CC(N)=O)C(=O)O. The minimum absolute atomic E-state index is 0.00786. The average Bonchev–Trinajstić information content (AvgIpc) is 2.91. The number of rotatable bonds is 16. The van der Waals surface area contributed by atoms with Crippen LogP contribution in [0, 0.1) is 0 Å². The monoisotopic (exact) mass is 570 g/mol. The van der Waals surface area contributed by atoms with Crippen LogP contribution in [-0.4, -0.2) is 69.9 Å². The zero-order valence-electron chi connectivity index (χ0n) is 22.1. The van der Waals surface area contributed by atoms with Gasteiger partial charge in [-0.25, -0.2) is 4.79 Å². The van der Waals surface area contributed by atoms with Crippen molar-refractivity contribution < 1.29 is 39.0 Å². The van der Waals surface area contributed by atoms with Crippen LogP contribution in [0.15, 0.2) is 54.6 Å². The zero-order valence-corrected chi connectivity index (χ0v) is 22.1. The average molecular weight is 571 g/mol. The maximum Gasteiger partial charge on any atom is 0.326 e. The summed E-state index contributed by atoms with van der Waals surface area (Å²) >= 11 is 0. The molecule has 2 rings (SSSR count). The molecule has 0 aliphatic rings. The van der Waals surface area contributed by atoms with Gasteiger partial charge < -0.3 is 43.4 Å². The van der Waals surface area contributed by atoms with E-state index in [9.17, 15) is 39.0 Å². The summed E-state index contributed by atoms with van der Waals surface area (Å²) in [5.74, 6) is -5.60. The minimum atomic E-state index is -1.65. The number of primary amides is 2. The molecule has 2 aromatic carbocycles. The van der Waals surface area contributed by atoms with E-state index in [-0.39, 0.29) is 31.4 Å². The van der Waals surface area contributed by atoms with E-state index in [2.05, 4.69) is 16.0 Å². The van der Waals surface area contributed by atoms with Gasteiger partial charge in [0.1, 0.15) is 23.9 Å². The molecule has 0 saturated heterocycles. The number of benzene rings is 2. The van der Waals surface area contributed by atoms with Gasteiger partial charge in [0.05, 0.1) is 12.5 Å². The van der Waals surface area contributed by atoms with E-state index in [1.54, 1.807) is 30.3 Å². The highest BCUT2D eigenvalue weighted by Crippen LogP contribution is 2.13. The number of aliphatic carboxylic acids is 1. The molecule has 0 radical (unpaired) electrons. The third kappa shape index (κ3) is 11.3. The third-order valence-corrected chi connectivity index (χ3v) is 5.98. The molecule has 0 bridgehead atoms. The first kappa shape index (κ1) is 32.2. The van der Waals surface area contributed by atoms with Gasteiger partial charge in [0.25, 0.3) is 0 Å². The highest BCUT2D eigenvalue weighted by atomic mass is 16.4. The fraction of sp³-hybridized carbons (Fsp3) is 0.333. The maximum atomic E-state index is 13.5. The highest BCUT2D eigenvalue weighted by Gasteiger charge is 2.31. The summed E-state index contributed by atoms with van der Waals surface area (Å²) in [5, 5.41) is 26.3. The molecule has 0 aromatic heterocycles. The predicted octanol–water partition coefficient (Wildman–Crippen LogP) is -1.82. The van der Waals surface area contributed by atoms with Crippen molar-refractivity contribution in [3.8, 4) is 5.75 Å². The molecule has 0 aliphatic heterocycles. The molecule has 0 aliphatic carbocycles. The number of phenols is 1. The number of amides is 5. The Bertz CT molecular complexity index is 1240. The van der Waals surface area contributed by atoms with Gasteiger partial charge in [0, 0.05) is 19.3 Å². The number of aromatic hydroxyl groups is 1. The number of hydrogen-bond donors (Lipinski definition) is 8. The van der Waals surface area contributed by atoms with Crippen molar-refractivity contribution in [1.29, 1.82) is 0 Å². The van der Waals surface area contributed by atoms with Crippen LogP contribution >= 0.6 is 0 Å². The summed E-state index contributed by atoms with van der Waals surface area (Å²) in [4.78, 5) is 73.4. The molecular formula is C27H34N6O8. The molecule has 14 nitrogen and oxygen atoms in total. The van der Waals surface area contributed by atoms with Crippen molar-refractivity contribution in [3.63, 3.8) is 0 Å². The Morgan fingerprint density at radius 1 is 0.683 bits per heavy atom. The van der Waals surface area contributed by atoms with Gasteiger partial charge >= 0.3 is 5.97 Å². The fourth-order valence-corrected chi connectivity index (χ4v) is 3.79. The van der Waals surface area contributed by atoms with Crippen LogP contribution in [0.3, 0.4) is 0 Å². The van der Waals surface area contributed by atoms with E-state index in [0.717, 1.165) is 0 Å². The summed E-state index contributed by atoms with van der Waals surface area (Å²) in [7, 11) is 0. The summed E-state index contributed by atoms with van der Waals surface area (Å²) < 4.78 is 0. The summed E-state index contributed by atoms with van der Waals surface area (Å²) in [6.45, 7) is 0. The van der Waals surface area contributed by atoms with E-state index in [1.165, 1.54) is 24.3 Å². The molecule has 41 heavy (non-hydrogen) atoms. The molecule has 0 fully saturated rings. The first-order valence-electron chi connectivity index (χ1n) is 12.6. The quantitative estimate of drug-likeness (QED) is 0.113. The van der Waals surface area contributed by atoms with Gasteiger partial charge in [-0.2, -0.15) is 0 Å². The number of carbonyl (C=O) groups is 6. The summed E-state index contributed by atoms with van der Waals surface area (Å²) in [6, 6.07) is 9.03. The lowest BCUT2D eigenvalue weighted by molar-refractivity contribution is -0.143. The van der Waals surface area contributed by atoms with Crippen LogP contribution in [0.2, 0.25) is 0 Å². The van der Waals surface area contributed by atoms with Gasteiger partial charge in [0.2, 0.25) is 29.5 Å². The maximum absolute atomic E-state index is 13.5. The lowest BCUT2D eigenvalue weighted by Crippen LogP contribution is -2.58. The molecule has 14 heteroatoms. The Labute approximate surface area is 235 Å². The van der Waals surface area contributed by atoms with E-state index in [1.807, 2.05) is 0 Å². The molecule has 0 heterocycles.